The molecule has 200 valence electrons. The maximum atomic E-state index is 13.9. The molecule has 0 spiro atoms. The van der Waals surface area contributed by atoms with Crippen LogP contribution < -0.4 is 14.2 Å². The molecule has 0 atom stereocenters. The second-order valence-electron chi connectivity index (χ2n) is 10.1. The van der Waals surface area contributed by atoms with Gasteiger partial charge in [-0.15, -0.1) is 0 Å². The van der Waals surface area contributed by atoms with Crippen molar-refractivity contribution in [3.63, 3.8) is 0 Å². The molecular formula is C31H32N4O4. The zero-order chi connectivity index (χ0) is 26.9. The van der Waals surface area contributed by atoms with E-state index >= 15 is 0 Å². The molecule has 0 aliphatic carbocycles. The predicted molar refractivity (Wildman–Crippen MR) is 149 cm³/mol. The minimum absolute atomic E-state index is 0.00929. The second-order valence-corrected chi connectivity index (χ2v) is 10.1. The molecular weight excluding hydrogens is 492 g/mol. The molecule has 3 heterocycles. The van der Waals surface area contributed by atoms with Gasteiger partial charge < -0.3 is 19.1 Å². The second kappa shape index (κ2) is 10.5. The van der Waals surface area contributed by atoms with Gasteiger partial charge in [0.2, 0.25) is 6.79 Å². The molecule has 1 fully saturated rings. The highest BCUT2D eigenvalue weighted by molar-refractivity contribution is 5.94. The molecule has 6 rings (SSSR count). The van der Waals surface area contributed by atoms with E-state index in [0.29, 0.717) is 18.8 Å². The quantitative estimate of drug-likeness (QED) is 0.359. The zero-order valence-electron chi connectivity index (χ0n) is 22.5. The van der Waals surface area contributed by atoms with Gasteiger partial charge in [0, 0.05) is 38.3 Å². The van der Waals surface area contributed by atoms with E-state index in [0.717, 1.165) is 59.4 Å². The highest BCUT2D eigenvalue weighted by atomic mass is 16.7. The Hall–Kier alpha value is -4.30. The van der Waals surface area contributed by atoms with Crippen molar-refractivity contribution in [1.82, 2.24) is 19.6 Å². The van der Waals surface area contributed by atoms with Crippen LogP contribution in [0.5, 0.6) is 17.2 Å². The number of hydrogen-bond donors (Lipinski definition) is 0. The summed E-state index contributed by atoms with van der Waals surface area (Å²) in [6.07, 6.45) is 0. The van der Waals surface area contributed by atoms with Gasteiger partial charge in [0.25, 0.3) is 5.91 Å². The number of carbonyl (C=O) groups excluding carboxylic acids is 1. The molecule has 8 nitrogen and oxygen atoms in total. The van der Waals surface area contributed by atoms with Crippen LogP contribution in [0.4, 0.5) is 0 Å². The van der Waals surface area contributed by atoms with E-state index in [1.807, 2.05) is 53.4 Å². The summed E-state index contributed by atoms with van der Waals surface area (Å²) < 4.78 is 18.1. The van der Waals surface area contributed by atoms with Gasteiger partial charge in [-0.2, -0.15) is 5.10 Å². The number of amides is 1. The van der Waals surface area contributed by atoms with Crippen molar-refractivity contribution in [2.24, 2.45) is 0 Å². The Morgan fingerprint density at radius 3 is 2.41 bits per heavy atom. The number of rotatable bonds is 6. The van der Waals surface area contributed by atoms with Gasteiger partial charge in [-0.1, -0.05) is 23.8 Å². The van der Waals surface area contributed by atoms with Crippen LogP contribution in [0.2, 0.25) is 0 Å². The van der Waals surface area contributed by atoms with Crippen LogP contribution in [-0.4, -0.2) is 65.6 Å². The third kappa shape index (κ3) is 5.07. The number of hydrogen-bond acceptors (Lipinski definition) is 6. The van der Waals surface area contributed by atoms with Crippen molar-refractivity contribution in [3.8, 4) is 34.2 Å². The number of carbonyl (C=O) groups is 1. The van der Waals surface area contributed by atoms with Gasteiger partial charge in [0.1, 0.15) is 11.4 Å². The lowest BCUT2D eigenvalue weighted by atomic mass is 10.1. The summed E-state index contributed by atoms with van der Waals surface area (Å²) in [7, 11) is 1.65. The third-order valence-electron chi connectivity index (χ3n) is 7.40. The summed E-state index contributed by atoms with van der Waals surface area (Å²) in [4.78, 5) is 18.2. The van der Waals surface area contributed by atoms with Crippen LogP contribution >= 0.6 is 0 Å². The number of methoxy groups -OCH3 is 1. The van der Waals surface area contributed by atoms with Gasteiger partial charge in [0.05, 0.1) is 18.5 Å². The van der Waals surface area contributed by atoms with Crippen LogP contribution in [0, 0.1) is 13.8 Å². The molecule has 2 aliphatic rings. The Bertz CT molecular complexity index is 1500. The molecule has 8 heteroatoms. The first-order valence-electron chi connectivity index (χ1n) is 13.2. The fraction of sp³-hybridized carbons (Fsp3) is 0.290. The van der Waals surface area contributed by atoms with E-state index in [9.17, 15) is 4.79 Å². The number of benzene rings is 3. The highest BCUT2D eigenvalue weighted by Crippen LogP contribution is 2.33. The van der Waals surface area contributed by atoms with Crippen molar-refractivity contribution in [2.45, 2.75) is 20.4 Å². The maximum absolute atomic E-state index is 13.9. The molecule has 39 heavy (non-hydrogen) atoms. The Morgan fingerprint density at radius 2 is 1.67 bits per heavy atom. The van der Waals surface area contributed by atoms with Crippen LogP contribution in [0.25, 0.3) is 16.9 Å². The smallest absolute Gasteiger partial charge is 0.272 e. The predicted octanol–water partition coefficient (Wildman–Crippen LogP) is 4.85. The van der Waals surface area contributed by atoms with E-state index in [1.54, 1.807) is 11.8 Å². The molecule has 0 N–H and O–H groups in total. The molecule has 0 bridgehead atoms. The van der Waals surface area contributed by atoms with Crippen molar-refractivity contribution >= 4 is 5.91 Å². The normalized spacial score (nSPS) is 15.0. The third-order valence-corrected chi connectivity index (χ3v) is 7.40. The lowest BCUT2D eigenvalue weighted by Crippen LogP contribution is -2.48. The summed E-state index contributed by atoms with van der Waals surface area (Å²) >= 11 is 0. The SMILES string of the molecule is COc1ccc(-c2cc(C(=O)N3CCN(Cc4ccc5c(c4)OCO5)CC3)n(-c3ccc(C)cc3C)n2)cc1. The molecule has 3 aromatic carbocycles. The number of aryl methyl sites for hydroxylation is 2. The van der Waals surface area contributed by atoms with Gasteiger partial charge in [-0.05, 0) is 73.5 Å². The number of ether oxygens (including phenoxy) is 3. The van der Waals surface area contributed by atoms with Crippen LogP contribution in [-0.2, 0) is 6.54 Å². The van der Waals surface area contributed by atoms with Gasteiger partial charge in [-0.3, -0.25) is 9.69 Å². The van der Waals surface area contributed by atoms with Gasteiger partial charge in [0.15, 0.2) is 11.5 Å². The molecule has 2 aliphatic heterocycles. The number of piperazine rings is 1. The Labute approximate surface area is 228 Å². The molecule has 0 radical (unpaired) electrons. The Balaban J connectivity index is 1.23. The van der Waals surface area contributed by atoms with Crippen LogP contribution in [0.1, 0.15) is 27.2 Å². The maximum Gasteiger partial charge on any atom is 0.272 e. The summed E-state index contributed by atoms with van der Waals surface area (Å²) in [5, 5.41) is 4.91. The summed E-state index contributed by atoms with van der Waals surface area (Å²) in [5.74, 6) is 2.37. The topological polar surface area (TPSA) is 69.1 Å². The van der Waals surface area contributed by atoms with Crippen molar-refractivity contribution in [3.05, 3.63) is 89.1 Å². The number of nitrogens with zero attached hydrogens (tertiary/aromatic N) is 4. The largest absolute Gasteiger partial charge is 0.497 e. The average molecular weight is 525 g/mol. The lowest BCUT2D eigenvalue weighted by molar-refractivity contribution is 0.0619. The molecule has 1 amide bonds. The minimum atomic E-state index is -0.00929. The van der Waals surface area contributed by atoms with E-state index in [1.165, 1.54) is 11.1 Å². The Kier molecular flexibility index (Phi) is 6.70. The van der Waals surface area contributed by atoms with E-state index < -0.39 is 0 Å². The minimum Gasteiger partial charge on any atom is -0.497 e. The fourth-order valence-corrected chi connectivity index (χ4v) is 5.23. The molecule has 1 saturated heterocycles. The van der Waals surface area contributed by atoms with E-state index in [-0.39, 0.29) is 12.7 Å². The van der Waals surface area contributed by atoms with Crippen molar-refractivity contribution < 1.29 is 19.0 Å². The lowest BCUT2D eigenvalue weighted by Gasteiger charge is -2.34. The van der Waals surface area contributed by atoms with Crippen molar-refractivity contribution in [2.75, 3.05) is 40.1 Å². The molecule has 0 saturated carbocycles. The summed E-state index contributed by atoms with van der Waals surface area (Å²) in [6.45, 7) is 8.10. The molecule has 4 aromatic rings. The van der Waals surface area contributed by atoms with Crippen LogP contribution in [0.3, 0.4) is 0 Å². The first-order chi connectivity index (χ1) is 19.0. The molecule has 1 aromatic heterocycles. The monoisotopic (exact) mass is 524 g/mol. The van der Waals surface area contributed by atoms with Crippen molar-refractivity contribution in [1.29, 1.82) is 0 Å². The van der Waals surface area contributed by atoms with Crippen LogP contribution in [0.15, 0.2) is 66.7 Å². The standard InChI is InChI=1S/C31H32N4O4/c1-21-4-10-27(22(2)16-21)35-28(18-26(32-35)24-6-8-25(37-3)9-7-24)31(36)34-14-12-33(13-15-34)19-23-5-11-29-30(17-23)39-20-38-29/h4-11,16-18H,12-15,19-20H2,1-3H3. The first kappa shape index (κ1) is 25.0. The average Bonchev–Trinajstić information content (AvgIpc) is 3.60. The highest BCUT2D eigenvalue weighted by Gasteiger charge is 2.27. The Morgan fingerprint density at radius 1 is 0.897 bits per heavy atom. The van der Waals surface area contributed by atoms with E-state index in [4.69, 9.17) is 19.3 Å². The number of aromatic nitrogens is 2. The number of fused-ring (bicyclic) bond motifs is 1. The molecule has 0 unspecified atom stereocenters. The fourth-order valence-electron chi connectivity index (χ4n) is 5.23. The van der Waals surface area contributed by atoms with E-state index in [2.05, 4.69) is 36.9 Å². The summed E-state index contributed by atoms with van der Waals surface area (Å²) in [6, 6.07) is 22.0. The first-order valence-corrected chi connectivity index (χ1v) is 13.2. The van der Waals surface area contributed by atoms with Gasteiger partial charge in [-0.25, -0.2) is 4.68 Å². The summed E-state index contributed by atoms with van der Waals surface area (Å²) in [5.41, 5.74) is 6.58. The zero-order valence-corrected chi connectivity index (χ0v) is 22.5. The van der Waals surface area contributed by atoms with Gasteiger partial charge >= 0.3 is 0 Å².